The maximum atomic E-state index is 9.30. The summed E-state index contributed by atoms with van der Waals surface area (Å²) in [5.74, 6) is 0.923. The van der Waals surface area contributed by atoms with E-state index in [1.165, 1.54) is 0 Å². The van der Waals surface area contributed by atoms with Crippen LogP contribution in [0, 0.1) is 0 Å². The smallest absolute Gasteiger partial charge is 0.248 e. The Labute approximate surface area is 114 Å². The summed E-state index contributed by atoms with van der Waals surface area (Å²) in [6, 6.07) is 6.70. The van der Waals surface area contributed by atoms with Gasteiger partial charge in [0.05, 0.1) is 14.4 Å². The molecule has 8 heteroatoms. The fraction of sp³-hybridized carbons (Fsp3) is 0.455. The largest absolute Gasteiger partial charge is 0.508 e. The van der Waals surface area contributed by atoms with Crippen molar-refractivity contribution >= 4 is 21.8 Å². The highest BCUT2D eigenvalue weighted by Gasteiger charge is 2.26. The van der Waals surface area contributed by atoms with Crippen molar-refractivity contribution in [1.82, 2.24) is 0 Å². The number of phenolic OH excluding ortho intramolecular Hbond substituents is 1. The van der Waals surface area contributed by atoms with E-state index in [0.29, 0.717) is 5.75 Å². The van der Waals surface area contributed by atoms with Gasteiger partial charge >= 0.3 is 0 Å². The van der Waals surface area contributed by atoms with E-state index in [1.54, 1.807) is 24.3 Å². The first-order chi connectivity index (χ1) is 8.59. The fourth-order valence-corrected chi connectivity index (χ4v) is 15.1. The fourth-order valence-electron chi connectivity index (χ4n) is 2.14. The summed E-state index contributed by atoms with van der Waals surface area (Å²) in [5, 5.41) is 9.30. The van der Waals surface area contributed by atoms with Gasteiger partial charge in [-0.15, -0.1) is 0 Å². The van der Waals surface area contributed by atoms with Crippen LogP contribution < -0.4 is 4.52 Å². The normalized spacial score (nSPS) is 27.6. The third-order valence-electron chi connectivity index (χ3n) is 2.32. The molecule has 0 aliphatic carbocycles. The van der Waals surface area contributed by atoms with Crippen LogP contribution in [-0.4, -0.2) is 38.4 Å². The van der Waals surface area contributed by atoms with E-state index in [1.807, 2.05) is 6.66 Å². The molecule has 1 aromatic rings. The first-order valence-corrected chi connectivity index (χ1v) is 13.1. The summed E-state index contributed by atoms with van der Waals surface area (Å²) in [6.45, 7) is 10.4. The molecule has 106 valence electrons. The SMILES string of the molecule is CP1(C)=NP(C)(C)=NP(C)(Oc2ccc(O)cc2)=N1. The van der Waals surface area contributed by atoms with Gasteiger partial charge in [-0.05, 0) is 50.9 Å². The predicted molar refractivity (Wildman–Crippen MR) is 86.4 cm³/mol. The first kappa shape index (κ1) is 14.9. The molecule has 19 heavy (non-hydrogen) atoms. The minimum Gasteiger partial charge on any atom is -0.508 e. The molecule has 0 saturated carbocycles. The lowest BCUT2D eigenvalue weighted by atomic mass is 10.3. The molecule has 1 N–H and O–H groups in total. The van der Waals surface area contributed by atoms with Crippen molar-refractivity contribution in [3.63, 3.8) is 0 Å². The molecular weight excluding hydrogens is 299 g/mol. The van der Waals surface area contributed by atoms with E-state index in [2.05, 4.69) is 26.7 Å². The molecule has 0 fully saturated rings. The van der Waals surface area contributed by atoms with E-state index in [-0.39, 0.29) is 5.75 Å². The topological polar surface area (TPSA) is 66.5 Å². The second-order valence-electron chi connectivity index (χ2n) is 5.36. The van der Waals surface area contributed by atoms with Gasteiger partial charge in [-0.2, -0.15) is 0 Å². The van der Waals surface area contributed by atoms with Gasteiger partial charge in [0.15, 0.2) is 0 Å². The van der Waals surface area contributed by atoms with Crippen molar-refractivity contribution in [3.05, 3.63) is 24.3 Å². The van der Waals surface area contributed by atoms with Gasteiger partial charge < -0.3 is 9.63 Å². The Balaban J connectivity index is 2.44. The molecule has 1 aliphatic heterocycles. The molecule has 0 bridgehead atoms. The molecule has 1 atom stereocenters. The Morgan fingerprint density at radius 2 is 1.37 bits per heavy atom. The number of hydrogen-bond donors (Lipinski definition) is 1. The van der Waals surface area contributed by atoms with Gasteiger partial charge in [0.2, 0.25) is 7.43 Å². The summed E-state index contributed by atoms with van der Waals surface area (Å²) in [6.07, 6.45) is 0. The van der Waals surface area contributed by atoms with E-state index in [0.717, 1.165) is 0 Å². The predicted octanol–water partition coefficient (Wildman–Crippen LogP) is 5.20. The van der Waals surface area contributed by atoms with Crippen LogP contribution in [0.4, 0.5) is 0 Å². The van der Waals surface area contributed by atoms with Crippen LogP contribution in [0.5, 0.6) is 11.5 Å². The average molecular weight is 319 g/mol. The summed E-state index contributed by atoms with van der Waals surface area (Å²) in [7, 11) is -5.46. The molecular formula is C11H20N3O2P3. The van der Waals surface area contributed by atoms with Gasteiger partial charge in [0.1, 0.15) is 11.5 Å². The minimum atomic E-state index is -2.17. The molecule has 2 rings (SSSR count). The highest BCUT2D eigenvalue weighted by atomic mass is 31.3. The van der Waals surface area contributed by atoms with Crippen molar-refractivity contribution < 1.29 is 9.63 Å². The molecule has 0 radical (unpaired) electrons. The quantitative estimate of drug-likeness (QED) is 0.762. The Morgan fingerprint density at radius 1 is 0.842 bits per heavy atom. The van der Waals surface area contributed by atoms with E-state index < -0.39 is 21.8 Å². The third kappa shape index (κ3) is 3.99. The Hall–Kier alpha value is -0.490. The monoisotopic (exact) mass is 319 g/mol. The van der Waals surface area contributed by atoms with E-state index in [9.17, 15) is 5.11 Å². The number of benzene rings is 1. The molecule has 0 spiro atoms. The number of hydrogen-bond acceptors (Lipinski definition) is 5. The second kappa shape index (κ2) is 4.81. The molecule has 0 aromatic heterocycles. The van der Waals surface area contributed by atoms with Crippen LogP contribution in [0.15, 0.2) is 37.8 Å². The van der Waals surface area contributed by atoms with Crippen LogP contribution in [0.2, 0.25) is 0 Å². The lowest BCUT2D eigenvalue weighted by molar-refractivity contribution is 0.474. The zero-order chi connectivity index (χ0) is 14.3. The molecule has 0 saturated heterocycles. The molecule has 5 nitrogen and oxygen atoms in total. The highest BCUT2D eigenvalue weighted by molar-refractivity contribution is 7.84. The number of aromatic hydroxyl groups is 1. The zero-order valence-electron chi connectivity index (χ0n) is 11.8. The molecule has 1 heterocycles. The maximum Gasteiger partial charge on any atom is 0.248 e. The Kier molecular flexibility index (Phi) is 3.77. The Bertz CT molecular complexity index is 645. The number of phenols is 1. The summed E-state index contributed by atoms with van der Waals surface area (Å²) < 4.78 is 20.4. The van der Waals surface area contributed by atoms with Crippen molar-refractivity contribution in [2.24, 2.45) is 13.5 Å². The summed E-state index contributed by atoms with van der Waals surface area (Å²) in [4.78, 5) is 0. The minimum absolute atomic E-state index is 0.226. The average Bonchev–Trinajstić information content (AvgIpc) is 2.15. The third-order valence-corrected chi connectivity index (χ3v) is 12.5. The molecule has 0 amide bonds. The highest BCUT2D eigenvalue weighted by Crippen LogP contribution is 2.72. The molecule has 1 aromatic carbocycles. The van der Waals surface area contributed by atoms with Crippen LogP contribution in [-0.2, 0) is 0 Å². The lowest BCUT2D eigenvalue weighted by Crippen LogP contribution is -1.93. The zero-order valence-corrected chi connectivity index (χ0v) is 14.5. The van der Waals surface area contributed by atoms with Gasteiger partial charge in [-0.25, -0.2) is 13.5 Å². The molecule has 1 aliphatic rings. The Morgan fingerprint density at radius 3 is 1.89 bits per heavy atom. The van der Waals surface area contributed by atoms with Crippen LogP contribution in [0.1, 0.15) is 0 Å². The van der Waals surface area contributed by atoms with Crippen molar-refractivity contribution in [2.75, 3.05) is 33.3 Å². The standard InChI is InChI=1S/C11H20N3O2P3/c1-17(2)12-18(3,4)14-19(5,13-17)16-11-8-6-10(15)7-9-11/h6-9,15H,1-5H3. The number of rotatable bonds is 2. The maximum absolute atomic E-state index is 9.30. The van der Waals surface area contributed by atoms with Crippen molar-refractivity contribution in [2.45, 2.75) is 0 Å². The number of nitrogens with zero attached hydrogens (tertiary/aromatic N) is 3. The lowest BCUT2D eigenvalue weighted by Gasteiger charge is -2.28. The van der Waals surface area contributed by atoms with Crippen molar-refractivity contribution in [1.29, 1.82) is 0 Å². The molecule has 1 unspecified atom stereocenters. The second-order valence-corrected chi connectivity index (χ2v) is 14.7. The van der Waals surface area contributed by atoms with Gasteiger partial charge in [0.25, 0.3) is 0 Å². The van der Waals surface area contributed by atoms with Gasteiger partial charge in [0, 0.05) is 6.66 Å². The van der Waals surface area contributed by atoms with Gasteiger partial charge in [-0.3, -0.25) is 0 Å². The van der Waals surface area contributed by atoms with Gasteiger partial charge in [-0.1, -0.05) is 0 Å². The van der Waals surface area contributed by atoms with Crippen LogP contribution in [0.3, 0.4) is 0 Å². The van der Waals surface area contributed by atoms with Crippen LogP contribution >= 0.6 is 21.8 Å². The first-order valence-electron chi connectivity index (χ1n) is 5.87. The summed E-state index contributed by atoms with van der Waals surface area (Å²) in [5.41, 5.74) is 0. The summed E-state index contributed by atoms with van der Waals surface area (Å²) >= 11 is 0. The van der Waals surface area contributed by atoms with Crippen LogP contribution in [0.25, 0.3) is 0 Å². The van der Waals surface area contributed by atoms with Crippen molar-refractivity contribution in [3.8, 4) is 11.5 Å². The van der Waals surface area contributed by atoms with E-state index >= 15 is 0 Å². The van der Waals surface area contributed by atoms with E-state index in [4.69, 9.17) is 18.1 Å².